The second kappa shape index (κ2) is 8.88. The molecular weight excluding hydrogens is 392 g/mol. The Morgan fingerprint density at radius 1 is 1.17 bits per heavy atom. The third-order valence-corrected chi connectivity index (χ3v) is 5.39. The standard InChI is InChI=1S/C21H25ClN4O3/c1-25-5-7-26(8-6-25)16-3-4-19(23-14-16)24-20(27)13-15-11-17(22)21-18(12-15)28-9-2-10-29-21/h3-4,11-12,14H,2,5-10,13H2,1H3,(H,23,24,27). The van der Waals surface area contributed by atoms with Gasteiger partial charge in [-0.2, -0.15) is 0 Å². The normalized spacial score (nSPS) is 17.0. The van der Waals surface area contributed by atoms with Crippen molar-refractivity contribution >= 4 is 29.0 Å². The highest BCUT2D eigenvalue weighted by molar-refractivity contribution is 6.32. The number of rotatable bonds is 4. The first-order valence-corrected chi connectivity index (χ1v) is 10.2. The van der Waals surface area contributed by atoms with E-state index >= 15 is 0 Å². The molecule has 8 heteroatoms. The third kappa shape index (κ3) is 4.92. The molecule has 2 aliphatic heterocycles. The summed E-state index contributed by atoms with van der Waals surface area (Å²) < 4.78 is 11.3. The summed E-state index contributed by atoms with van der Waals surface area (Å²) in [6, 6.07) is 7.40. The lowest BCUT2D eigenvalue weighted by Crippen LogP contribution is -2.44. The van der Waals surface area contributed by atoms with Gasteiger partial charge in [0.05, 0.1) is 36.5 Å². The fourth-order valence-corrected chi connectivity index (χ4v) is 3.76. The minimum Gasteiger partial charge on any atom is -0.489 e. The van der Waals surface area contributed by atoms with E-state index in [9.17, 15) is 4.79 Å². The van der Waals surface area contributed by atoms with Gasteiger partial charge in [0.2, 0.25) is 5.91 Å². The number of likely N-dealkylation sites (N-methyl/N-ethyl adjacent to an activating group) is 1. The van der Waals surface area contributed by atoms with Crippen LogP contribution in [0.5, 0.6) is 11.5 Å². The first-order chi connectivity index (χ1) is 14.1. The fourth-order valence-electron chi connectivity index (χ4n) is 3.47. The summed E-state index contributed by atoms with van der Waals surface area (Å²) >= 11 is 6.31. The molecule has 0 spiro atoms. The number of hydrogen-bond acceptors (Lipinski definition) is 6. The molecule has 4 rings (SSSR count). The highest BCUT2D eigenvalue weighted by Gasteiger charge is 2.18. The zero-order valence-electron chi connectivity index (χ0n) is 16.5. The van der Waals surface area contributed by atoms with Gasteiger partial charge >= 0.3 is 0 Å². The minimum atomic E-state index is -0.157. The number of benzene rings is 1. The number of amides is 1. The predicted molar refractivity (Wildman–Crippen MR) is 113 cm³/mol. The van der Waals surface area contributed by atoms with E-state index in [1.807, 2.05) is 24.4 Å². The van der Waals surface area contributed by atoms with Crippen LogP contribution in [-0.4, -0.2) is 62.2 Å². The zero-order valence-corrected chi connectivity index (χ0v) is 17.2. The molecule has 3 heterocycles. The van der Waals surface area contributed by atoms with Gasteiger partial charge < -0.3 is 24.6 Å². The van der Waals surface area contributed by atoms with Crippen molar-refractivity contribution in [3.63, 3.8) is 0 Å². The summed E-state index contributed by atoms with van der Waals surface area (Å²) in [4.78, 5) is 21.5. The van der Waals surface area contributed by atoms with E-state index in [1.54, 1.807) is 6.07 Å². The number of pyridine rings is 1. The first-order valence-electron chi connectivity index (χ1n) is 9.86. The van der Waals surface area contributed by atoms with E-state index in [2.05, 4.69) is 27.1 Å². The van der Waals surface area contributed by atoms with Crippen LogP contribution in [0.2, 0.25) is 5.02 Å². The van der Waals surface area contributed by atoms with Gasteiger partial charge in [-0.15, -0.1) is 0 Å². The Morgan fingerprint density at radius 3 is 2.72 bits per heavy atom. The van der Waals surface area contributed by atoms with Crippen molar-refractivity contribution in [1.29, 1.82) is 0 Å². The molecule has 29 heavy (non-hydrogen) atoms. The fraction of sp³-hybridized carbons (Fsp3) is 0.429. The van der Waals surface area contributed by atoms with Crippen molar-refractivity contribution in [2.45, 2.75) is 12.8 Å². The maximum atomic E-state index is 12.5. The van der Waals surface area contributed by atoms with E-state index in [-0.39, 0.29) is 12.3 Å². The van der Waals surface area contributed by atoms with Gasteiger partial charge in [0, 0.05) is 32.6 Å². The number of anilines is 2. The quantitative estimate of drug-likeness (QED) is 0.826. The molecule has 0 aliphatic carbocycles. The molecule has 0 unspecified atom stereocenters. The lowest BCUT2D eigenvalue weighted by Gasteiger charge is -2.33. The topological polar surface area (TPSA) is 66.9 Å². The summed E-state index contributed by atoms with van der Waals surface area (Å²) in [6.45, 7) is 5.18. The minimum absolute atomic E-state index is 0.157. The molecule has 0 bridgehead atoms. The molecule has 1 saturated heterocycles. The summed E-state index contributed by atoms with van der Waals surface area (Å²) in [5.41, 5.74) is 1.84. The first kappa shape index (κ1) is 19.8. The molecule has 1 N–H and O–H groups in total. The monoisotopic (exact) mass is 416 g/mol. The molecule has 2 aliphatic rings. The van der Waals surface area contributed by atoms with E-state index in [0.717, 1.165) is 43.9 Å². The van der Waals surface area contributed by atoms with Gasteiger partial charge in [-0.25, -0.2) is 4.98 Å². The summed E-state index contributed by atoms with van der Waals surface area (Å²) in [5.74, 6) is 1.52. The van der Waals surface area contributed by atoms with Crippen molar-refractivity contribution in [2.24, 2.45) is 0 Å². The number of fused-ring (bicyclic) bond motifs is 1. The number of carbonyl (C=O) groups is 1. The Hall–Kier alpha value is -2.51. The second-order valence-electron chi connectivity index (χ2n) is 7.37. The highest BCUT2D eigenvalue weighted by atomic mass is 35.5. The number of ether oxygens (including phenoxy) is 2. The average molecular weight is 417 g/mol. The zero-order chi connectivity index (χ0) is 20.2. The number of piperazine rings is 1. The van der Waals surface area contributed by atoms with E-state index in [4.69, 9.17) is 21.1 Å². The number of nitrogens with zero attached hydrogens (tertiary/aromatic N) is 3. The molecule has 0 radical (unpaired) electrons. The molecule has 0 saturated carbocycles. The van der Waals surface area contributed by atoms with Crippen LogP contribution in [-0.2, 0) is 11.2 Å². The smallest absolute Gasteiger partial charge is 0.229 e. The third-order valence-electron chi connectivity index (χ3n) is 5.11. The maximum absolute atomic E-state index is 12.5. The van der Waals surface area contributed by atoms with Crippen LogP contribution in [0.15, 0.2) is 30.5 Å². The lowest BCUT2D eigenvalue weighted by atomic mass is 10.1. The molecular formula is C21H25ClN4O3. The number of hydrogen-bond donors (Lipinski definition) is 1. The Bertz CT molecular complexity index is 867. The van der Waals surface area contributed by atoms with Crippen molar-refractivity contribution in [2.75, 3.05) is 56.7 Å². The second-order valence-corrected chi connectivity index (χ2v) is 7.78. The van der Waals surface area contributed by atoms with Gasteiger partial charge in [-0.1, -0.05) is 11.6 Å². The highest BCUT2D eigenvalue weighted by Crippen LogP contribution is 2.38. The number of aromatic nitrogens is 1. The number of carbonyl (C=O) groups excluding carboxylic acids is 1. The van der Waals surface area contributed by atoms with Crippen molar-refractivity contribution in [1.82, 2.24) is 9.88 Å². The SMILES string of the molecule is CN1CCN(c2ccc(NC(=O)Cc3cc(Cl)c4c(c3)OCCCO4)nc2)CC1. The Labute approximate surface area is 175 Å². The van der Waals surface area contributed by atoms with Crippen LogP contribution in [0.1, 0.15) is 12.0 Å². The molecule has 1 aromatic carbocycles. The van der Waals surface area contributed by atoms with E-state index < -0.39 is 0 Å². The average Bonchev–Trinajstić information content (AvgIpc) is 2.95. The summed E-state index contributed by atoms with van der Waals surface area (Å²) in [7, 11) is 2.13. The van der Waals surface area contributed by atoms with Gasteiger partial charge in [-0.3, -0.25) is 4.79 Å². The largest absolute Gasteiger partial charge is 0.489 e. The van der Waals surface area contributed by atoms with E-state index in [0.29, 0.717) is 35.6 Å². The van der Waals surface area contributed by atoms with Gasteiger partial charge in [-0.05, 0) is 36.9 Å². The van der Waals surface area contributed by atoms with Crippen molar-refractivity contribution in [3.8, 4) is 11.5 Å². The van der Waals surface area contributed by atoms with Crippen molar-refractivity contribution in [3.05, 3.63) is 41.0 Å². The molecule has 1 fully saturated rings. The lowest BCUT2D eigenvalue weighted by molar-refractivity contribution is -0.115. The Balaban J connectivity index is 1.37. The molecule has 1 amide bonds. The predicted octanol–water partition coefficient (Wildman–Crippen LogP) is 2.83. The van der Waals surface area contributed by atoms with Gasteiger partial charge in [0.15, 0.2) is 11.5 Å². The van der Waals surface area contributed by atoms with Crippen LogP contribution in [0, 0.1) is 0 Å². The Kier molecular flexibility index (Phi) is 6.06. The molecule has 154 valence electrons. The molecule has 7 nitrogen and oxygen atoms in total. The number of halogens is 1. The molecule has 1 aromatic heterocycles. The van der Waals surface area contributed by atoms with Gasteiger partial charge in [0.25, 0.3) is 0 Å². The van der Waals surface area contributed by atoms with Crippen LogP contribution >= 0.6 is 11.6 Å². The molecule has 2 aromatic rings. The van der Waals surface area contributed by atoms with Crippen LogP contribution in [0.3, 0.4) is 0 Å². The van der Waals surface area contributed by atoms with Gasteiger partial charge in [0.1, 0.15) is 5.82 Å². The van der Waals surface area contributed by atoms with Crippen LogP contribution in [0.4, 0.5) is 11.5 Å². The summed E-state index contributed by atoms with van der Waals surface area (Å²) in [5, 5.41) is 3.31. The van der Waals surface area contributed by atoms with Crippen LogP contribution < -0.4 is 19.7 Å². The van der Waals surface area contributed by atoms with E-state index in [1.165, 1.54) is 0 Å². The van der Waals surface area contributed by atoms with Crippen LogP contribution in [0.25, 0.3) is 0 Å². The number of nitrogens with one attached hydrogen (secondary N) is 1. The Morgan fingerprint density at radius 2 is 1.97 bits per heavy atom. The maximum Gasteiger partial charge on any atom is 0.229 e. The van der Waals surface area contributed by atoms with Crippen molar-refractivity contribution < 1.29 is 14.3 Å². The molecule has 0 atom stereocenters. The summed E-state index contributed by atoms with van der Waals surface area (Å²) in [6.07, 6.45) is 2.79.